The predicted octanol–water partition coefficient (Wildman–Crippen LogP) is 1.34. The van der Waals surface area contributed by atoms with E-state index >= 15 is 0 Å². The van der Waals surface area contributed by atoms with Crippen LogP contribution in [0.4, 0.5) is 0 Å². The lowest BCUT2D eigenvalue weighted by Gasteiger charge is -2.27. The summed E-state index contributed by atoms with van der Waals surface area (Å²) < 4.78 is 0. The van der Waals surface area contributed by atoms with Crippen molar-refractivity contribution in [1.82, 2.24) is 10.6 Å². The first kappa shape index (κ1) is 11.3. The first-order valence-electron chi connectivity index (χ1n) is 5.87. The number of amides is 1. The Hall–Kier alpha value is -0.220. The van der Waals surface area contributed by atoms with Gasteiger partial charge < -0.3 is 5.32 Å². The summed E-state index contributed by atoms with van der Waals surface area (Å²) >= 11 is 1.80. The molecule has 4 heteroatoms. The van der Waals surface area contributed by atoms with Crippen molar-refractivity contribution in [2.24, 2.45) is 5.92 Å². The van der Waals surface area contributed by atoms with Crippen molar-refractivity contribution in [3.05, 3.63) is 0 Å². The zero-order chi connectivity index (χ0) is 10.7. The lowest BCUT2D eigenvalue weighted by molar-refractivity contribution is -0.123. The fourth-order valence-electron chi connectivity index (χ4n) is 2.27. The molecule has 0 aromatic heterocycles. The number of thioether (sulfide) groups is 1. The largest absolute Gasteiger partial charge is 0.352 e. The highest BCUT2D eigenvalue weighted by Gasteiger charge is 2.26. The van der Waals surface area contributed by atoms with E-state index in [0.29, 0.717) is 6.04 Å². The van der Waals surface area contributed by atoms with E-state index in [1.807, 2.05) is 0 Å². The fraction of sp³-hybridized carbons (Fsp3) is 0.909. The van der Waals surface area contributed by atoms with Crippen molar-refractivity contribution in [3.63, 3.8) is 0 Å². The van der Waals surface area contributed by atoms with Crippen LogP contribution >= 0.6 is 11.8 Å². The van der Waals surface area contributed by atoms with Gasteiger partial charge in [0.05, 0.1) is 6.04 Å². The number of hydrogen-bond acceptors (Lipinski definition) is 3. The summed E-state index contributed by atoms with van der Waals surface area (Å²) in [5.41, 5.74) is 0. The van der Waals surface area contributed by atoms with Crippen LogP contribution in [0.3, 0.4) is 0 Å². The smallest absolute Gasteiger partial charge is 0.238 e. The molecule has 15 heavy (non-hydrogen) atoms. The molecular formula is C11H20N2OS. The Morgan fingerprint density at radius 2 is 2.07 bits per heavy atom. The maximum absolute atomic E-state index is 11.8. The van der Waals surface area contributed by atoms with Crippen LogP contribution < -0.4 is 10.6 Å². The van der Waals surface area contributed by atoms with Crippen molar-refractivity contribution in [1.29, 1.82) is 0 Å². The minimum Gasteiger partial charge on any atom is -0.352 e. The molecule has 1 saturated carbocycles. The molecule has 2 aliphatic rings. The van der Waals surface area contributed by atoms with Gasteiger partial charge in [-0.25, -0.2) is 0 Å². The molecule has 0 spiro atoms. The van der Waals surface area contributed by atoms with E-state index < -0.39 is 0 Å². The first-order valence-corrected chi connectivity index (χ1v) is 7.02. The lowest BCUT2D eigenvalue weighted by Crippen LogP contribution is -2.47. The summed E-state index contributed by atoms with van der Waals surface area (Å²) in [6.45, 7) is 2.30. The molecule has 1 heterocycles. The zero-order valence-electron chi connectivity index (χ0n) is 9.29. The third kappa shape index (κ3) is 3.11. The minimum atomic E-state index is 0.0503. The fourth-order valence-corrected chi connectivity index (χ4v) is 3.21. The minimum absolute atomic E-state index is 0.0503. The Bertz CT molecular complexity index is 221. The van der Waals surface area contributed by atoms with E-state index in [1.54, 1.807) is 11.8 Å². The molecule has 1 atom stereocenters. The van der Waals surface area contributed by atoms with Gasteiger partial charge >= 0.3 is 0 Å². The highest BCUT2D eigenvalue weighted by Crippen LogP contribution is 2.23. The second-order valence-corrected chi connectivity index (χ2v) is 5.77. The van der Waals surface area contributed by atoms with Crippen LogP contribution in [0, 0.1) is 5.92 Å². The van der Waals surface area contributed by atoms with Gasteiger partial charge in [0.2, 0.25) is 5.91 Å². The van der Waals surface area contributed by atoms with Crippen LogP contribution in [-0.2, 0) is 4.79 Å². The van der Waals surface area contributed by atoms with Gasteiger partial charge in [-0.15, -0.1) is 11.8 Å². The van der Waals surface area contributed by atoms with E-state index in [1.165, 1.54) is 12.8 Å². The van der Waals surface area contributed by atoms with E-state index in [-0.39, 0.29) is 11.9 Å². The molecule has 3 nitrogen and oxygen atoms in total. The number of carbonyl (C=O) groups is 1. The molecule has 86 valence electrons. The molecule has 2 fully saturated rings. The predicted molar refractivity (Wildman–Crippen MR) is 63.8 cm³/mol. The zero-order valence-corrected chi connectivity index (χ0v) is 10.1. The molecule has 1 amide bonds. The van der Waals surface area contributed by atoms with Crippen LogP contribution in [0.25, 0.3) is 0 Å². The van der Waals surface area contributed by atoms with Gasteiger partial charge in [0, 0.05) is 17.7 Å². The maximum Gasteiger partial charge on any atom is 0.238 e. The number of hydrogen-bond donors (Lipinski definition) is 2. The van der Waals surface area contributed by atoms with Crippen LogP contribution in [0.5, 0.6) is 0 Å². The molecule has 0 radical (unpaired) electrons. The van der Waals surface area contributed by atoms with Crippen molar-refractivity contribution in [2.75, 3.05) is 11.6 Å². The van der Waals surface area contributed by atoms with Gasteiger partial charge in [-0.2, -0.15) is 0 Å². The second kappa shape index (κ2) is 5.21. The molecule has 1 unspecified atom stereocenters. The lowest BCUT2D eigenvalue weighted by atomic mass is 9.87. The SMILES string of the molecule is CC1CCC(NC(=O)C2CSCN2)CC1. The van der Waals surface area contributed by atoms with Crippen LogP contribution in [0.1, 0.15) is 32.6 Å². The Kier molecular flexibility index (Phi) is 3.92. The molecule has 2 N–H and O–H groups in total. The van der Waals surface area contributed by atoms with E-state index in [0.717, 1.165) is 30.4 Å². The topological polar surface area (TPSA) is 41.1 Å². The van der Waals surface area contributed by atoms with Gasteiger partial charge in [0.15, 0.2) is 0 Å². The Morgan fingerprint density at radius 3 is 2.67 bits per heavy atom. The van der Waals surface area contributed by atoms with E-state index in [2.05, 4.69) is 17.6 Å². The monoisotopic (exact) mass is 228 g/mol. The van der Waals surface area contributed by atoms with E-state index in [9.17, 15) is 4.79 Å². The molecule has 0 aromatic rings. The highest BCUT2D eigenvalue weighted by atomic mass is 32.2. The van der Waals surface area contributed by atoms with Gasteiger partial charge in [-0.3, -0.25) is 10.1 Å². The average molecular weight is 228 g/mol. The Labute approximate surface area is 95.8 Å². The number of carbonyl (C=O) groups excluding carboxylic acids is 1. The molecule has 2 rings (SSSR count). The van der Waals surface area contributed by atoms with E-state index in [4.69, 9.17) is 0 Å². The first-order chi connectivity index (χ1) is 7.25. The summed E-state index contributed by atoms with van der Waals surface area (Å²) in [5, 5.41) is 6.37. The summed E-state index contributed by atoms with van der Waals surface area (Å²) in [5.74, 6) is 2.90. The van der Waals surface area contributed by atoms with Crippen molar-refractivity contribution in [3.8, 4) is 0 Å². The molecule has 1 saturated heterocycles. The highest BCUT2D eigenvalue weighted by molar-refractivity contribution is 7.99. The molecule has 1 aliphatic heterocycles. The molecule has 0 aromatic carbocycles. The second-order valence-electron chi connectivity index (χ2n) is 4.74. The maximum atomic E-state index is 11.8. The molecule has 1 aliphatic carbocycles. The third-order valence-corrected chi connectivity index (χ3v) is 4.33. The molecular weight excluding hydrogens is 208 g/mol. The van der Waals surface area contributed by atoms with Crippen LogP contribution in [0.15, 0.2) is 0 Å². The third-order valence-electron chi connectivity index (χ3n) is 3.40. The van der Waals surface area contributed by atoms with Gasteiger partial charge in [0.1, 0.15) is 0 Å². The average Bonchev–Trinajstić information content (AvgIpc) is 2.74. The van der Waals surface area contributed by atoms with Gasteiger partial charge in [-0.05, 0) is 31.6 Å². The Morgan fingerprint density at radius 1 is 1.33 bits per heavy atom. The summed E-state index contributed by atoms with van der Waals surface area (Å²) in [4.78, 5) is 11.8. The van der Waals surface area contributed by atoms with Crippen molar-refractivity contribution in [2.45, 2.75) is 44.7 Å². The summed E-state index contributed by atoms with van der Waals surface area (Å²) in [6, 6.07) is 0.482. The quantitative estimate of drug-likeness (QED) is 0.749. The summed E-state index contributed by atoms with van der Waals surface area (Å²) in [6.07, 6.45) is 4.84. The number of rotatable bonds is 2. The Balaban J connectivity index is 1.74. The molecule has 0 bridgehead atoms. The van der Waals surface area contributed by atoms with Gasteiger partial charge in [-0.1, -0.05) is 6.92 Å². The van der Waals surface area contributed by atoms with Crippen molar-refractivity contribution >= 4 is 17.7 Å². The van der Waals surface area contributed by atoms with Crippen LogP contribution in [0.2, 0.25) is 0 Å². The van der Waals surface area contributed by atoms with Crippen molar-refractivity contribution < 1.29 is 4.79 Å². The summed E-state index contributed by atoms with van der Waals surface area (Å²) in [7, 11) is 0. The van der Waals surface area contributed by atoms with Crippen LogP contribution in [-0.4, -0.2) is 29.6 Å². The standard InChI is InChI=1S/C11H20N2OS/c1-8-2-4-9(5-3-8)13-11(14)10-6-15-7-12-10/h8-10,12H,2-7H2,1H3,(H,13,14). The normalized spacial score (nSPS) is 36.5. The number of nitrogens with one attached hydrogen (secondary N) is 2. The van der Waals surface area contributed by atoms with Gasteiger partial charge in [0.25, 0.3) is 0 Å².